The van der Waals surface area contributed by atoms with E-state index in [0.29, 0.717) is 7.05 Å². The topological polar surface area (TPSA) is 115 Å². The number of carboxylic acids is 1. The van der Waals surface area contributed by atoms with E-state index in [2.05, 4.69) is 0 Å². The van der Waals surface area contributed by atoms with Gasteiger partial charge in [0.25, 0.3) is 0 Å². The highest BCUT2D eigenvalue weighted by atomic mass is 32.2. The Morgan fingerprint density at radius 2 is 1.53 bits per heavy atom. The summed E-state index contributed by atoms with van der Waals surface area (Å²) in [7, 11) is -4.64. The lowest BCUT2D eigenvalue weighted by Crippen LogP contribution is -2.42. The van der Waals surface area contributed by atoms with E-state index in [4.69, 9.17) is 5.11 Å². The zero-order valence-corrected chi connectivity index (χ0v) is 18.2. The maximum Gasteiger partial charge on any atom is 0.339 e. The van der Waals surface area contributed by atoms with E-state index in [1.165, 1.54) is 6.07 Å². The molecule has 0 aliphatic heterocycles. The van der Waals surface area contributed by atoms with Gasteiger partial charge in [0.15, 0.2) is 28.2 Å². The van der Waals surface area contributed by atoms with Crippen LogP contribution in [0.5, 0.6) is 5.75 Å². The molecule has 2 aromatic carbocycles. The second-order valence-corrected chi connectivity index (χ2v) is 9.60. The van der Waals surface area contributed by atoms with Crippen LogP contribution >= 0.6 is 0 Å². The summed E-state index contributed by atoms with van der Waals surface area (Å²) in [5.74, 6) is -15.6. The zero-order valence-electron chi connectivity index (χ0n) is 17.4. The summed E-state index contributed by atoms with van der Waals surface area (Å²) in [5.41, 5.74) is -0.435. The second-order valence-electron chi connectivity index (χ2n) is 7.61. The molecule has 2 N–H and O–H groups in total. The average molecular weight is 508 g/mol. The lowest BCUT2D eigenvalue weighted by molar-refractivity contribution is -0.118. The number of carbonyl (C=O) groups is 2. The first-order valence-electron chi connectivity index (χ1n) is 9.61. The molecule has 0 unspecified atom stereocenters. The first-order valence-corrected chi connectivity index (χ1v) is 11.1. The van der Waals surface area contributed by atoms with Crippen LogP contribution in [0.2, 0.25) is 0 Å². The normalized spacial score (nSPS) is 13.9. The van der Waals surface area contributed by atoms with E-state index in [-0.39, 0.29) is 22.5 Å². The molecule has 0 aromatic heterocycles. The number of halogens is 5. The van der Waals surface area contributed by atoms with Crippen molar-refractivity contribution in [3.8, 4) is 5.75 Å². The van der Waals surface area contributed by atoms with E-state index in [0.717, 1.165) is 29.9 Å². The predicted octanol–water partition coefficient (Wildman–Crippen LogP) is 2.85. The Bertz CT molecular complexity index is 1250. The Balaban J connectivity index is 1.93. The van der Waals surface area contributed by atoms with Gasteiger partial charge in [0, 0.05) is 25.3 Å². The van der Waals surface area contributed by atoms with Crippen LogP contribution in [0.15, 0.2) is 23.1 Å². The number of phenols is 1. The molecule has 0 radical (unpaired) electrons. The Labute approximate surface area is 189 Å². The fourth-order valence-corrected chi connectivity index (χ4v) is 4.33. The van der Waals surface area contributed by atoms with Crippen LogP contribution in [0, 0.1) is 35.0 Å². The van der Waals surface area contributed by atoms with E-state index < -0.39 is 73.7 Å². The van der Waals surface area contributed by atoms with Gasteiger partial charge in [-0.2, -0.15) is 4.31 Å². The van der Waals surface area contributed by atoms with Crippen LogP contribution in [0.4, 0.5) is 27.6 Å². The van der Waals surface area contributed by atoms with Gasteiger partial charge in [0.05, 0.1) is 6.54 Å². The number of likely N-dealkylation sites (N-methyl/N-ethyl adjacent to an activating group) is 1. The monoisotopic (exact) mass is 508 g/mol. The number of hydrogen-bond donors (Lipinski definition) is 2. The first-order chi connectivity index (χ1) is 15.8. The molecule has 3 rings (SSSR count). The lowest BCUT2D eigenvalue weighted by atomic mass is 10.1. The fraction of sp³-hybridized carbons (Fsp3) is 0.300. The van der Waals surface area contributed by atoms with Crippen LogP contribution < -0.4 is 4.90 Å². The quantitative estimate of drug-likeness (QED) is 0.322. The van der Waals surface area contributed by atoms with Gasteiger partial charge in [-0.25, -0.2) is 35.2 Å². The minimum Gasteiger partial charge on any atom is -0.507 e. The average Bonchev–Trinajstić information content (AvgIpc) is 3.58. The van der Waals surface area contributed by atoms with Gasteiger partial charge in [-0.05, 0) is 30.9 Å². The molecule has 8 nitrogen and oxygen atoms in total. The molecule has 14 heteroatoms. The smallest absolute Gasteiger partial charge is 0.339 e. The molecule has 1 fully saturated rings. The van der Waals surface area contributed by atoms with Crippen LogP contribution in [0.3, 0.4) is 0 Å². The van der Waals surface area contributed by atoms with Crippen LogP contribution in [-0.2, 0) is 14.8 Å². The summed E-state index contributed by atoms with van der Waals surface area (Å²) in [6.45, 7) is -1.00. The van der Waals surface area contributed by atoms with E-state index in [1.807, 2.05) is 0 Å². The highest BCUT2D eigenvalue weighted by Gasteiger charge is 2.37. The third kappa shape index (κ3) is 4.68. The van der Waals surface area contributed by atoms with Gasteiger partial charge >= 0.3 is 5.97 Å². The molecule has 0 spiro atoms. The molecule has 2 aromatic rings. The molecule has 1 amide bonds. The van der Waals surface area contributed by atoms with Crippen molar-refractivity contribution in [2.75, 3.05) is 25.0 Å². The number of nitrogens with zero attached hydrogens (tertiary/aromatic N) is 2. The van der Waals surface area contributed by atoms with Crippen molar-refractivity contribution in [1.82, 2.24) is 4.31 Å². The van der Waals surface area contributed by atoms with E-state index >= 15 is 0 Å². The molecule has 0 atom stereocenters. The molecule has 0 bridgehead atoms. The van der Waals surface area contributed by atoms with Gasteiger partial charge in [-0.15, -0.1) is 0 Å². The summed E-state index contributed by atoms with van der Waals surface area (Å²) in [6.07, 6.45) is 1.48. The molecular weight excluding hydrogens is 491 g/mol. The molecule has 34 heavy (non-hydrogen) atoms. The van der Waals surface area contributed by atoms with Crippen molar-refractivity contribution in [3.05, 3.63) is 52.8 Å². The van der Waals surface area contributed by atoms with Crippen LogP contribution in [0.25, 0.3) is 0 Å². The SMILES string of the molecule is CN(CC(=O)N(CC1CC1)c1ccc(C(=O)O)c(O)c1)S(=O)(=O)c1c(F)c(F)c(F)c(F)c1F. The van der Waals surface area contributed by atoms with Crippen molar-refractivity contribution >= 4 is 27.6 Å². The van der Waals surface area contributed by atoms with E-state index in [9.17, 15) is 45.1 Å². The number of aromatic carboxylic acids is 1. The summed E-state index contributed by atoms with van der Waals surface area (Å²) >= 11 is 0. The van der Waals surface area contributed by atoms with Crippen molar-refractivity contribution in [2.24, 2.45) is 5.92 Å². The summed E-state index contributed by atoms with van der Waals surface area (Å²) in [5, 5.41) is 19.0. The van der Waals surface area contributed by atoms with Gasteiger partial charge in [0.1, 0.15) is 11.3 Å². The number of benzene rings is 2. The molecule has 1 saturated carbocycles. The zero-order chi connectivity index (χ0) is 25.5. The molecule has 0 saturated heterocycles. The van der Waals surface area contributed by atoms with Crippen molar-refractivity contribution in [2.45, 2.75) is 17.7 Å². The molecule has 1 aliphatic rings. The summed E-state index contributed by atoms with van der Waals surface area (Å²) < 4.78 is 93.7. The Morgan fingerprint density at radius 3 is 2.00 bits per heavy atom. The van der Waals surface area contributed by atoms with Crippen molar-refractivity contribution in [3.63, 3.8) is 0 Å². The van der Waals surface area contributed by atoms with Gasteiger partial charge < -0.3 is 15.1 Å². The number of hydrogen-bond acceptors (Lipinski definition) is 5. The van der Waals surface area contributed by atoms with Gasteiger partial charge in [-0.1, -0.05) is 0 Å². The second kappa shape index (κ2) is 9.18. The minimum atomic E-state index is -5.35. The highest BCUT2D eigenvalue weighted by molar-refractivity contribution is 7.89. The Hall–Kier alpha value is -3.26. The van der Waals surface area contributed by atoms with Gasteiger partial charge in [0.2, 0.25) is 21.7 Å². The van der Waals surface area contributed by atoms with Gasteiger partial charge in [-0.3, -0.25) is 4.79 Å². The minimum absolute atomic E-state index is 0.0152. The first kappa shape index (κ1) is 25.4. The maximum absolute atomic E-state index is 14.0. The number of anilines is 1. The largest absolute Gasteiger partial charge is 0.507 e. The number of carboxylic acid groups (broad SMARTS) is 1. The third-order valence-corrected chi connectivity index (χ3v) is 6.98. The third-order valence-electron chi connectivity index (χ3n) is 5.16. The molecule has 1 aliphatic carbocycles. The number of sulfonamides is 1. The van der Waals surface area contributed by atoms with Crippen LogP contribution in [-0.4, -0.2) is 54.9 Å². The molecular formula is C20H17F5N2O6S. The number of carbonyl (C=O) groups excluding carboxylic acids is 1. The number of rotatable bonds is 8. The number of aromatic hydroxyl groups is 1. The Morgan fingerprint density at radius 1 is 1.00 bits per heavy atom. The maximum atomic E-state index is 14.0. The lowest BCUT2D eigenvalue weighted by Gasteiger charge is -2.26. The van der Waals surface area contributed by atoms with Crippen molar-refractivity contribution in [1.29, 1.82) is 0 Å². The standard InChI is InChI=1S/C20H17F5N2O6S/c1-26(34(32,33)19-17(24)15(22)14(21)16(23)18(19)25)8-13(29)27(7-9-2-3-9)10-4-5-11(20(30)31)12(28)6-10/h4-6,9,28H,2-3,7-8H2,1H3,(H,30,31). The predicted molar refractivity (Wildman–Crippen MR) is 106 cm³/mol. The number of amides is 1. The van der Waals surface area contributed by atoms with Crippen molar-refractivity contribution < 1.29 is 50.2 Å². The van der Waals surface area contributed by atoms with E-state index in [1.54, 1.807) is 0 Å². The summed E-state index contributed by atoms with van der Waals surface area (Å²) in [4.78, 5) is 22.9. The molecule has 0 heterocycles. The fourth-order valence-electron chi connectivity index (χ4n) is 3.11. The van der Waals surface area contributed by atoms with Crippen LogP contribution in [0.1, 0.15) is 23.2 Å². The molecule has 184 valence electrons. The summed E-state index contributed by atoms with van der Waals surface area (Å²) in [6, 6.07) is 3.19. The highest BCUT2D eigenvalue weighted by Crippen LogP contribution is 2.34. The Kier molecular flexibility index (Phi) is 6.85.